The molecule has 4 heterocycles. The highest BCUT2D eigenvalue weighted by Crippen LogP contribution is 2.10. The Hall–Kier alpha value is -3.10. The molecule has 0 N–H and O–H groups in total. The van der Waals surface area contributed by atoms with Crippen LogP contribution in [0, 0.1) is 13.8 Å². The van der Waals surface area contributed by atoms with E-state index in [2.05, 4.69) is 30.2 Å². The third-order valence-corrected chi connectivity index (χ3v) is 3.88. The Morgan fingerprint density at radius 2 is 1.96 bits per heavy atom. The van der Waals surface area contributed by atoms with E-state index >= 15 is 0 Å². The quantitative estimate of drug-likeness (QED) is 0.553. The molecule has 0 bridgehead atoms. The average molecular weight is 323 g/mol. The van der Waals surface area contributed by atoms with Gasteiger partial charge in [-0.15, -0.1) is 5.10 Å². The van der Waals surface area contributed by atoms with Crippen LogP contribution in [0.5, 0.6) is 0 Å². The Kier molecular flexibility index (Phi) is 3.33. The molecule has 0 aliphatic carbocycles. The van der Waals surface area contributed by atoms with Crippen LogP contribution < -0.4 is 0 Å². The summed E-state index contributed by atoms with van der Waals surface area (Å²) in [5.41, 5.74) is 2.65. The van der Waals surface area contributed by atoms with Gasteiger partial charge in [0.15, 0.2) is 11.5 Å². The molecule has 0 aliphatic rings. The van der Waals surface area contributed by atoms with Crippen molar-refractivity contribution in [1.82, 2.24) is 44.1 Å². The Labute approximate surface area is 138 Å². The standard InChI is InChI=1S/C15H17N9/c1-10-9-16-11(2)14-18-12(20-24(10)14)5-6-13-19-15(21-22(13)3)23-8-4-7-17-23/h4,7-9H,5-6H2,1-3H3. The summed E-state index contributed by atoms with van der Waals surface area (Å²) < 4.78 is 5.25. The molecule has 9 nitrogen and oxygen atoms in total. The zero-order chi connectivity index (χ0) is 16.7. The molecule has 0 aliphatic heterocycles. The van der Waals surface area contributed by atoms with Crippen molar-refractivity contribution in [3.63, 3.8) is 0 Å². The summed E-state index contributed by atoms with van der Waals surface area (Å²) >= 11 is 0. The minimum atomic E-state index is 0.566. The lowest BCUT2D eigenvalue weighted by atomic mass is 10.3. The van der Waals surface area contributed by atoms with Gasteiger partial charge in [0.2, 0.25) is 0 Å². The van der Waals surface area contributed by atoms with E-state index in [1.165, 1.54) is 0 Å². The molecule has 0 fully saturated rings. The van der Waals surface area contributed by atoms with Gasteiger partial charge in [-0.25, -0.2) is 14.2 Å². The molecule has 0 atom stereocenters. The summed E-state index contributed by atoms with van der Waals surface area (Å²) in [7, 11) is 1.88. The Balaban J connectivity index is 1.57. The third kappa shape index (κ3) is 2.43. The smallest absolute Gasteiger partial charge is 0.256 e. The number of nitrogens with zero attached hydrogens (tertiary/aromatic N) is 9. The summed E-state index contributed by atoms with van der Waals surface area (Å²) in [5.74, 6) is 2.21. The molecule has 4 aromatic heterocycles. The summed E-state index contributed by atoms with van der Waals surface area (Å²) in [6, 6.07) is 1.84. The van der Waals surface area contributed by atoms with E-state index in [0.29, 0.717) is 18.8 Å². The highest BCUT2D eigenvalue weighted by Gasteiger charge is 2.12. The lowest BCUT2D eigenvalue weighted by Crippen LogP contribution is -2.03. The van der Waals surface area contributed by atoms with Gasteiger partial charge in [-0.05, 0) is 19.9 Å². The first-order valence-corrected chi connectivity index (χ1v) is 7.69. The van der Waals surface area contributed by atoms with Crippen LogP contribution in [0.1, 0.15) is 23.0 Å². The van der Waals surface area contributed by atoms with Crippen LogP contribution in [0.3, 0.4) is 0 Å². The van der Waals surface area contributed by atoms with Crippen molar-refractivity contribution in [3.8, 4) is 5.95 Å². The maximum absolute atomic E-state index is 4.59. The van der Waals surface area contributed by atoms with Gasteiger partial charge >= 0.3 is 0 Å². The fraction of sp³-hybridized carbons (Fsp3) is 0.333. The van der Waals surface area contributed by atoms with Crippen LogP contribution in [0.4, 0.5) is 0 Å². The van der Waals surface area contributed by atoms with E-state index in [-0.39, 0.29) is 0 Å². The summed E-state index contributed by atoms with van der Waals surface area (Å²) in [6.07, 6.45) is 6.72. The predicted molar refractivity (Wildman–Crippen MR) is 85.8 cm³/mol. The number of aromatic nitrogens is 9. The normalized spacial score (nSPS) is 11.5. The number of rotatable bonds is 4. The van der Waals surface area contributed by atoms with Crippen molar-refractivity contribution in [2.24, 2.45) is 7.05 Å². The molecule has 0 saturated heterocycles. The van der Waals surface area contributed by atoms with E-state index in [4.69, 9.17) is 0 Å². The molecule has 24 heavy (non-hydrogen) atoms. The highest BCUT2D eigenvalue weighted by atomic mass is 15.4. The lowest BCUT2D eigenvalue weighted by molar-refractivity contribution is 0.676. The van der Waals surface area contributed by atoms with E-state index in [1.807, 2.05) is 37.7 Å². The number of fused-ring (bicyclic) bond motifs is 1. The molecule has 9 heteroatoms. The molecule has 0 amide bonds. The first-order chi connectivity index (χ1) is 11.6. The molecule has 0 saturated carbocycles. The van der Waals surface area contributed by atoms with Crippen molar-refractivity contribution in [2.45, 2.75) is 26.7 Å². The number of hydrogen-bond donors (Lipinski definition) is 0. The zero-order valence-electron chi connectivity index (χ0n) is 13.7. The van der Waals surface area contributed by atoms with Crippen LogP contribution in [0.25, 0.3) is 11.6 Å². The fourth-order valence-corrected chi connectivity index (χ4v) is 2.57. The van der Waals surface area contributed by atoms with Gasteiger partial charge in [0.25, 0.3) is 5.95 Å². The molecule has 122 valence electrons. The minimum absolute atomic E-state index is 0.566. The van der Waals surface area contributed by atoms with E-state index in [1.54, 1.807) is 21.8 Å². The summed E-state index contributed by atoms with van der Waals surface area (Å²) in [4.78, 5) is 13.4. The largest absolute Gasteiger partial charge is 0.269 e. The molecular weight excluding hydrogens is 306 g/mol. The lowest BCUT2D eigenvalue weighted by Gasteiger charge is -1.97. The maximum Gasteiger partial charge on any atom is 0.269 e. The van der Waals surface area contributed by atoms with Crippen LogP contribution >= 0.6 is 0 Å². The average Bonchev–Trinajstić information content (AvgIpc) is 3.28. The summed E-state index contributed by atoms with van der Waals surface area (Å²) in [6.45, 7) is 3.91. The van der Waals surface area contributed by atoms with Gasteiger partial charge in [-0.1, -0.05) is 0 Å². The Bertz CT molecular complexity index is 955. The van der Waals surface area contributed by atoms with Crippen LogP contribution in [-0.4, -0.2) is 44.1 Å². The Morgan fingerprint density at radius 1 is 1.08 bits per heavy atom. The van der Waals surface area contributed by atoms with Crippen molar-refractivity contribution in [2.75, 3.05) is 0 Å². The van der Waals surface area contributed by atoms with Gasteiger partial charge < -0.3 is 0 Å². The van der Waals surface area contributed by atoms with Gasteiger partial charge in [-0.3, -0.25) is 9.67 Å². The van der Waals surface area contributed by atoms with Gasteiger partial charge in [0, 0.05) is 38.5 Å². The van der Waals surface area contributed by atoms with Gasteiger partial charge in [0.05, 0.1) is 11.4 Å². The number of hydrogen-bond acceptors (Lipinski definition) is 6. The van der Waals surface area contributed by atoms with Crippen LogP contribution in [0.15, 0.2) is 24.7 Å². The minimum Gasteiger partial charge on any atom is -0.256 e. The van der Waals surface area contributed by atoms with Crippen molar-refractivity contribution in [3.05, 3.63) is 47.7 Å². The first-order valence-electron chi connectivity index (χ1n) is 7.69. The maximum atomic E-state index is 4.59. The topological polar surface area (TPSA) is 91.6 Å². The molecular formula is C15H17N9. The zero-order valence-corrected chi connectivity index (χ0v) is 13.7. The second-order valence-corrected chi connectivity index (χ2v) is 5.65. The van der Waals surface area contributed by atoms with Gasteiger partial charge in [-0.2, -0.15) is 15.2 Å². The van der Waals surface area contributed by atoms with E-state index < -0.39 is 0 Å². The van der Waals surface area contributed by atoms with Crippen molar-refractivity contribution >= 4 is 5.65 Å². The second kappa shape index (κ2) is 5.52. The molecule has 4 rings (SSSR count). The monoisotopic (exact) mass is 323 g/mol. The van der Waals surface area contributed by atoms with E-state index in [0.717, 1.165) is 28.7 Å². The Morgan fingerprint density at radius 3 is 2.71 bits per heavy atom. The summed E-state index contributed by atoms with van der Waals surface area (Å²) in [5, 5.41) is 13.1. The molecule has 0 spiro atoms. The number of aryl methyl sites for hydroxylation is 5. The van der Waals surface area contributed by atoms with Crippen molar-refractivity contribution in [1.29, 1.82) is 0 Å². The molecule has 0 unspecified atom stereocenters. The third-order valence-electron chi connectivity index (χ3n) is 3.88. The second-order valence-electron chi connectivity index (χ2n) is 5.65. The van der Waals surface area contributed by atoms with Crippen LogP contribution in [0.2, 0.25) is 0 Å². The molecule has 0 aromatic carbocycles. The fourth-order valence-electron chi connectivity index (χ4n) is 2.57. The highest BCUT2D eigenvalue weighted by molar-refractivity contribution is 5.43. The molecule has 0 radical (unpaired) electrons. The first kappa shape index (κ1) is 14.5. The molecule has 4 aromatic rings. The van der Waals surface area contributed by atoms with Gasteiger partial charge in [0.1, 0.15) is 5.82 Å². The predicted octanol–water partition coefficient (Wildman–Crippen LogP) is 0.841. The van der Waals surface area contributed by atoms with Crippen LogP contribution in [-0.2, 0) is 19.9 Å². The SMILES string of the molecule is Cc1ncc(C)n2nc(CCc3nc(-n4cccn4)nn3C)nc12. The van der Waals surface area contributed by atoms with Crippen molar-refractivity contribution < 1.29 is 0 Å². The van der Waals surface area contributed by atoms with E-state index in [9.17, 15) is 0 Å².